The van der Waals surface area contributed by atoms with Gasteiger partial charge in [-0.2, -0.15) is 0 Å². The molecule has 0 radical (unpaired) electrons. The minimum Gasteiger partial charge on any atom is -0.468 e. The summed E-state index contributed by atoms with van der Waals surface area (Å²) in [4.78, 5) is 25.5. The van der Waals surface area contributed by atoms with Crippen molar-refractivity contribution >= 4 is 29.3 Å². The first-order valence-corrected chi connectivity index (χ1v) is 7.38. The van der Waals surface area contributed by atoms with Gasteiger partial charge in [0.25, 0.3) is 0 Å². The number of ether oxygens (including phenoxy) is 1. The summed E-state index contributed by atoms with van der Waals surface area (Å²) in [7, 11) is 1.33. The van der Waals surface area contributed by atoms with Gasteiger partial charge in [0.05, 0.1) is 7.11 Å². The Labute approximate surface area is 129 Å². The number of benzene rings is 1. The van der Waals surface area contributed by atoms with Crippen LogP contribution in [-0.2, 0) is 9.53 Å². The molecule has 1 aliphatic carbocycles. The van der Waals surface area contributed by atoms with E-state index in [0.717, 1.165) is 25.7 Å². The van der Waals surface area contributed by atoms with Gasteiger partial charge in [-0.25, -0.2) is 4.79 Å². The van der Waals surface area contributed by atoms with Crippen LogP contribution in [0.4, 0.5) is 10.5 Å². The highest BCUT2D eigenvalue weighted by Crippen LogP contribution is 2.24. The van der Waals surface area contributed by atoms with E-state index in [1.165, 1.54) is 7.11 Å². The van der Waals surface area contributed by atoms with E-state index in [1.807, 2.05) is 0 Å². The molecule has 0 aliphatic heterocycles. The fraction of sp³-hybridized carbons (Fsp3) is 0.467. The average Bonchev–Trinajstić information content (AvgIpc) is 3.00. The summed E-state index contributed by atoms with van der Waals surface area (Å²) in [6.07, 6.45) is 4.00. The summed E-state index contributed by atoms with van der Waals surface area (Å²) < 4.78 is 4.68. The topological polar surface area (TPSA) is 58.6 Å². The standard InChI is InChI=1S/C15H19ClN2O3/c1-21-14(19)10-18(13-4-2-3-5-13)15(20)17-12-8-6-11(16)7-9-12/h6-9,13H,2-5,10H2,1H3,(H,17,20). The maximum atomic E-state index is 12.4. The van der Waals surface area contributed by atoms with Crippen molar-refractivity contribution in [1.82, 2.24) is 4.90 Å². The van der Waals surface area contributed by atoms with Gasteiger partial charge in [0, 0.05) is 16.8 Å². The Hall–Kier alpha value is -1.75. The van der Waals surface area contributed by atoms with Crippen LogP contribution in [0.1, 0.15) is 25.7 Å². The van der Waals surface area contributed by atoms with E-state index < -0.39 is 5.97 Å². The number of amides is 2. The largest absolute Gasteiger partial charge is 0.468 e. The zero-order valence-electron chi connectivity index (χ0n) is 12.0. The quantitative estimate of drug-likeness (QED) is 0.868. The Balaban J connectivity index is 2.05. The second kappa shape index (κ2) is 7.31. The first kappa shape index (κ1) is 15.6. The van der Waals surface area contributed by atoms with E-state index in [0.29, 0.717) is 10.7 Å². The maximum Gasteiger partial charge on any atom is 0.325 e. The number of nitrogens with zero attached hydrogens (tertiary/aromatic N) is 1. The van der Waals surface area contributed by atoms with Crippen LogP contribution in [-0.4, -0.2) is 36.6 Å². The van der Waals surface area contributed by atoms with Gasteiger partial charge in [-0.3, -0.25) is 4.79 Å². The zero-order chi connectivity index (χ0) is 15.2. The van der Waals surface area contributed by atoms with Crippen LogP contribution in [0, 0.1) is 0 Å². The van der Waals surface area contributed by atoms with Crippen LogP contribution in [0.5, 0.6) is 0 Å². The smallest absolute Gasteiger partial charge is 0.325 e. The van der Waals surface area contributed by atoms with E-state index in [4.69, 9.17) is 11.6 Å². The molecule has 2 amide bonds. The van der Waals surface area contributed by atoms with Crippen molar-refractivity contribution in [2.75, 3.05) is 19.0 Å². The van der Waals surface area contributed by atoms with E-state index in [-0.39, 0.29) is 18.6 Å². The van der Waals surface area contributed by atoms with Crippen molar-refractivity contribution in [3.05, 3.63) is 29.3 Å². The third-order valence-electron chi connectivity index (χ3n) is 3.65. The molecule has 1 aromatic carbocycles. The minimum atomic E-state index is -0.409. The summed E-state index contributed by atoms with van der Waals surface area (Å²) in [6.45, 7) is -0.0272. The summed E-state index contributed by atoms with van der Waals surface area (Å²) in [5, 5.41) is 3.40. The number of carbonyl (C=O) groups excluding carboxylic acids is 2. The fourth-order valence-corrected chi connectivity index (χ4v) is 2.64. The molecule has 114 valence electrons. The number of carbonyl (C=O) groups is 2. The minimum absolute atomic E-state index is 0.0272. The second-order valence-electron chi connectivity index (χ2n) is 5.08. The van der Waals surface area contributed by atoms with Crippen molar-refractivity contribution in [3.63, 3.8) is 0 Å². The van der Waals surface area contributed by atoms with Crippen LogP contribution in [0.15, 0.2) is 24.3 Å². The third kappa shape index (κ3) is 4.36. The van der Waals surface area contributed by atoms with Gasteiger partial charge in [-0.1, -0.05) is 24.4 Å². The van der Waals surface area contributed by atoms with Gasteiger partial charge in [-0.15, -0.1) is 0 Å². The monoisotopic (exact) mass is 310 g/mol. The molecular formula is C15H19ClN2O3. The molecule has 0 bridgehead atoms. The highest BCUT2D eigenvalue weighted by molar-refractivity contribution is 6.30. The molecule has 0 atom stereocenters. The van der Waals surface area contributed by atoms with Gasteiger partial charge < -0.3 is 15.0 Å². The Morgan fingerprint density at radius 1 is 1.29 bits per heavy atom. The number of hydrogen-bond acceptors (Lipinski definition) is 3. The number of rotatable bonds is 4. The Morgan fingerprint density at radius 3 is 2.48 bits per heavy atom. The highest BCUT2D eigenvalue weighted by atomic mass is 35.5. The van der Waals surface area contributed by atoms with Gasteiger partial charge in [0.1, 0.15) is 6.54 Å². The van der Waals surface area contributed by atoms with Gasteiger partial charge in [0.2, 0.25) is 0 Å². The lowest BCUT2D eigenvalue weighted by molar-refractivity contribution is -0.141. The van der Waals surface area contributed by atoms with Gasteiger partial charge in [-0.05, 0) is 37.1 Å². The number of methoxy groups -OCH3 is 1. The number of anilines is 1. The molecule has 0 unspecified atom stereocenters. The van der Waals surface area contributed by atoms with Crippen LogP contribution in [0.3, 0.4) is 0 Å². The summed E-state index contributed by atoms with van der Waals surface area (Å²) in [5.74, 6) is -0.409. The van der Waals surface area contributed by atoms with E-state index >= 15 is 0 Å². The lowest BCUT2D eigenvalue weighted by Gasteiger charge is -2.28. The molecule has 1 aliphatic rings. The first-order valence-electron chi connectivity index (χ1n) is 7.00. The number of hydrogen-bond donors (Lipinski definition) is 1. The predicted molar refractivity (Wildman–Crippen MR) is 81.4 cm³/mol. The molecule has 0 spiro atoms. The van der Waals surface area contributed by atoms with E-state index in [2.05, 4.69) is 10.1 Å². The number of esters is 1. The van der Waals surface area contributed by atoms with Crippen molar-refractivity contribution in [3.8, 4) is 0 Å². The first-order chi connectivity index (χ1) is 10.1. The second-order valence-corrected chi connectivity index (χ2v) is 5.52. The fourth-order valence-electron chi connectivity index (χ4n) is 2.51. The lowest BCUT2D eigenvalue weighted by atomic mass is 10.2. The molecule has 5 nitrogen and oxygen atoms in total. The molecule has 2 rings (SSSR count). The van der Waals surface area contributed by atoms with Crippen LogP contribution in [0.2, 0.25) is 5.02 Å². The van der Waals surface area contributed by atoms with Crippen molar-refractivity contribution in [1.29, 1.82) is 0 Å². The van der Waals surface area contributed by atoms with Crippen LogP contribution < -0.4 is 5.32 Å². The van der Waals surface area contributed by atoms with Gasteiger partial charge >= 0.3 is 12.0 Å². The molecule has 1 saturated carbocycles. The number of nitrogens with one attached hydrogen (secondary N) is 1. The lowest BCUT2D eigenvalue weighted by Crippen LogP contribution is -2.44. The molecule has 1 aromatic rings. The molecule has 21 heavy (non-hydrogen) atoms. The molecule has 0 heterocycles. The Kier molecular flexibility index (Phi) is 5.44. The summed E-state index contributed by atoms with van der Waals surface area (Å²) in [6, 6.07) is 6.68. The molecule has 0 saturated heterocycles. The highest BCUT2D eigenvalue weighted by Gasteiger charge is 2.28. The predicted octanol–water partition coefficient (Wildman–Crippen LogP) is 3.29. The van der Waals surface area contributed by atoms with Crippen molar-refractivity contribution in [2.45, 2.75) is 31.7 Å². The SMILES string of the molecule is COC(=O)CN(C(=O)Nc1ccc(Cl)cc1)C1CCCC1. The van der Waals surface area contributed by atoms with Crippen LogP contribution in [0.25, 0.3) is 0 Å². The number of halogens is 1. The Morgan fingerprint density at radius 2 is 1.90 bits per heavy atom. The Bertz CT molecular complexity index is 498. The zero-order valence-corrected chi connectivity index (χ0v) is 12.7. The van der Waals surface area contributed by atoms with E-state index in [1.54, 1.807) is 29.2 Å². The third-order valence-corrected chi connectivity index (χ3v) is 3.90. The van der Waals surface area contributed by atoms with Crippen LogP contribution >= 0.6 is 11.6 Å². The maximum absolute atomic E-state index is 12.4. The average molecular weight is 311 g/mol. The molecule has 1 fully saturated rings. The molecular weight excluding hydrogens is 292 g/mol. The van der Waals surface area contributed by atoms with E-state index in [9.17, 15) is 9.59 Å². The summed E-state index contributed by atoms with van der Waals surface area (Å²) >= 11 is 5.82. The van der Waals surface area contributed by atoms with Crippen molar-refractivity contribution in [2.24, 2.45) is 0 Å². The molecule has 1 N–H and O–H groups in total. The summed E-state index contributed by atoms with van der Waals surface area (Å²) in [5.41, 5.74) is 0.650. The number of urea groups is 1. The normalized spacial score (nSPS) is 14.8. The molecule has 0 aromatic heterocycles. The van der Waals surface area contributed by atoms with Gasteiger partial charge in [0.15, 0.2) is 0 Å². The molecule has 6 heteroatoms. The van der Waals surface area contributed by atoms with Crippen molar-refractivity contribution < 1.29 is 14.3 Å².